The van der Waals surface area contributed by atoms with Crippen molar-refractivity contribution < 1.29 is 14.3 Å². The summed E-state index contributed by atoms with van der Waals surface area (Å²) in [6.07, 6.45) is 3.01. The molecular formula is C23H24N2O3S2. The number of amides is 1. The third kappa shape index (κ3) is 4.27. The first-order valence-electron chi connectivity index (χ1n) is 10.4. The molecule has 30 heavy (non-hydrogen) atoms. The molecule has 3 heterocycles. The highest BCUT2D eigenvalue weighted by atomic mass is 32.2. The van der Waals surface area contributed by atoms with Crippen LogP contribution in [0.2, 0.25) is 0 Å². The van der Waals surface area contributed by atoms with Gasteiger partial charge in [0.2, 0.25) is 5.91 Å². The second-order valence-corrected chi connectivity index (χ2v) is 9.76. The number of hydrogen-bond donors (Lipinski definition) is 0. The monoisotopic (exact) mass is 440 g/mol. The molecule has 0 radical (unpaired) electrons. The topological polar surface area (TPSA) is 51.7 Å². The van der Waals surface area contributed by atoms with E-state index >= 15 is 0 Å². The molecule has 156 valence electrons. The lowest BCUT2D eigenvalue weighted by atomic mass is 9.99. The Kier molecular flexibility index (Phi) is 5.82. The summed E-state index contributed by atoms with van der Waals surface area (Å²) < 4.78 is 12.7. The SMILES string of the molecule is O=C(CSc1ccc2c(c1)OCCCO2)N1CCC[C@@H](c2nc3ccccc3s2)C1. The van der Waals surface area contributed by atoms with Crippen LogP contribution in [0.25, 0.3) is 10.2 Å². The Labute approximate surface area is 184 Å². The number of para-hydroxylation sites is 1. The first kappa shape index (κ1) is 19.7. The van der Waals surface area contributed by atoms with Gasteiger partial charge in [-0.1, -0.05) is 12.1 Å². The molecule has 1 aromatic heterocycles. The van der Waals surface area contributed by atoms with E-state index in [2.05, 4.69) is 18.2 Å². The molecule has 0 spiro atoms. The van der Waals surface area contributed by atoms with E-state index in [1.807, 2.05) is 29.2 Å². The maximum absolute atomic E-state index is 12.9. The van der Waals surface area contributed by atoms with Gasteiger partial charge in [-0.3, -0.25) is 4.79 Å². The van der Waals surface area contributed by atoms with Crippen molar-refractivity contribution in [3.8, 4) is 11.5 Å². The Morgan fingerprint density at radius 2 is 2.00 bits per heavy atom. The zero-order chi connectivity index (χ0) is 20.3. The van der Waals surface area contributed by atoms with Crippen LogP contribution in [-0.2, 0) is 4.79 Å². The lowest BCUT2D eigenvalue weighted by Crippen LogP contribution is -2.40. The number of likely N-dealkylation sites (tertiary alicyclic amines) is 1. The number of ether oxygens (including phenoxy) is 2. The van der Waals surface area contributed by atoms with Crippen LogP contribution >= 0.6 is 23.1 Å². The Bertz CT molecular complexity index is 1020. The number of carbonyl (C=O) groups is 1. The smallest absolute Gasteiger partial charge is 0.232 e. The second kappa shape index (κ2) is 8.86. The number of carbonyl (C=O) groups excluding carboxylic acids is 1. The maximum Gasteiger partial charge on any atom is 0.232 e. The zero-order valence-corrected chi connectivity index (χ0v) is 18.3. The normalized spacial score (nSPS) is 18.9. The van der Waals surface area contributed by atoms with Crippen molar-refractivity contribution in [3.05, 3.63) is 47.5 Å². The number of fused-ring (bicyclic) bond motifs is 2. The molecule has 1 atom stereocenters. The average molecular weight is 441 g/mol. The van der Waals surface area contributed by atoms with E-state index in [9.17, 15) is 4.79 Å². The van der Waals surface area contributed by atoms with E-state index in [0.717, 1.165) is 59.3 Å². The molecule has 0 unspecified atom stereocenters. The number of hydrogen-bond acceptors (Lipinski definition) is 6. The number of thiazole rings is 1. The minimum absolute atomic E-state index is 0.193. The van der Waals surface area contributed by atoms with E-state index in [-0.39, 0.29) is 5.91 Å². The lowest BCUT2D eigenvalue weighted by molar-refractivity contribution is -0.129. The fourth-order valence-electron chi connectivity index (χ4n) is 3.94. The molecule has 3 aromatic rings. The average Bonchev–Trinajstić information content (AvgIpc) is 3.09. The third-order valence-corrected chi connectivity index (χ3v) is 7.69. The maximum atomic E-state index is 12.9. The molecule has 0 bridgehead atoms. The van der Waals surface area contributed by atoms with Crippen molar-refractivity contribution in [2.45, 2.75) is 30.1 Å². The van der Waals surface area contributed by atoms with E-state index < -0.39 is 0 Å². The number of piperidine rings is 1. The summed E-state index contributed by atoms with van der Waals surface area (Å²) in [7, 11) is 0. The van der Waals surface area contributed by atoms with Gasteiger partial charge in [0.25, 0.3) is 0 Å². The van der Waals surface area contributed by atoms with Crippen LogP contribution in [0.4, 0.5) is 0 Å². The Morgan fingerprint density at radius 3 is 2.90 bits per heavy atom. The van der Waals surface area contributed by atoms with Gasteiger partial charge in [0.1, 0.15) is 0 Å². The van der Waals surface area contributed by atoms with Gasteiger partial charge in [0.15, 0.2) is 11.5 Å². The van der Waals surface area contributed by atoms with Crippen LogP contribution in [-0.4, -0.2) is 47.8 Å². The van der Waals surface area contributed by atoms with Crippen LogP contribution in [0, 0.1) is 0 Å². The second-order valence-electron chi connectivity index (χ2n) is 7.65. The Balaban J connectivity index is 1.21. The first-order valence-corrected chi connectivity index (χ1v) is 12.2. The van der Waals surface area contributed by atoms with Gasteiger partial charge in [0, 0.05) is 30.3 Å². The third-order valence-electron chi connectivity index (χ3n) is 5.52. The van der Waals surface area contributed by atoms with Crippen molar-refractivity contribution >= 4 is 39.2 Å². The largest absolute Gasteiger partial charge is 0.490 e. The predicted octanol–water partition coefficient (Wildman–Crippen LogP) is 4.96. The van der Waals surface area contributed by atoms with Crippen LogP contribution in [0.15, 0.2) is 47.4 Å². The molecule has 5 nitrogen and oxygen atoms in total. The van der Waals surface area contributed by atoms with Crippen LogP contribution in [0.3, 0.4) is 0 Å². The molecule has 0 aliphatic carbocycles. The van der Waals surface area contributed by atoms with Crippen molar-refractivity contribution in [1.29, 1.82) is 0 Å². The van der Waals surface area contributed by atoms with E-state index in [1.165, 1.54) is 4.70 Å². The number of rotatable bonds is 4. The summed E-state index contributed by atoms with van der Waals surface area (Å²) in [4.78, 5) is 20.8. The summed E-state index contributed by atoms with van der Waals surface area (Å²) in [5.41, 5.74) is 1.06. The summed E-state index contributed by atoms with van der Waals surface area (Å²) in [6, 6.07) is 14.2. The van der Waals surface area contributed by atoms with Crippen molar-refractivity contribution in [3.63, 3.8) is 0 Å². The highest BCUT2D eigenvalue weighted by Gasteiger charge is 2.27. The fourth-order valence-corrected chi connectivity index (χ4v) is 5.86. The summed E-state index contributed by atoms with van der Waals surface area (Å²) in [6.45, 7) is 2.95. The molecule has 5 rings (SSSR count). The lowest BCUT2D eigenvalue weighted by Gasteiger charge is -2.31. The van der Waals surface area contributed by atoms with Crippen LogP contribution in [0.1, 0.15) is 30.2 Å². The fraction of sp³-hybridized carbons (Fsp3) is 0.391. The molecule has 2 aliphatic rings. The van der Waals surface area contributed by atoms with Gasteiger partial charge in [-0.15, -0.1) is 23.1 Å². The van der Waals surface area contributed by atoms with Gasteiger partial charge in [-0.05, 0) is 43.2 Å². The number of thioether (sulfide) groups is 1. The van der Waals surface area contributed by atoms with Gasteiger partial charge in [-0.2, -0.15) is 0 Å². The van der Waals surface area contributed by atoms with Crippen LogP contribution < -0.4 is 9.47 Å². The Hall–Kier alpha value is -2.25. The molecule has 2 aliphatic heterocycles. The zero-order valence-electron chi connectivity index (χ0n) is 16.7. The molecule has 1 amide bonds. The summed E-state index contributed by atoms with van der Waals surface area (Å²) >= 11 is 3.33. The highest BCUT2D eigenvalue weighted by molar-refractivity contribution is 8.00. The quantitative estimate of drug-likeness (QED) is 0.537. The number of benzene rings is 2. The molecule has 2 aromatic carbocycles. The molecule has 7 heteroatoms. The first-order chi connectivity index (χ1) is 14.8. The summed E-state index contributed by atoms with van der Waals surface area (Å²) in [5, 5.41) is 1.16. The minimum Gasteiger partial charge on any atom is -0.490 e. The van der Waals surface area contributed by atoms with Crippen molar-refractivity contribution in [2.75, 3.05) is 32.1 Å². The summed E-state index contributed by atoms with van der Waals surface area (Å²) in [5.74, 6) is 2.53. The van der Waals surface area contributed by atoms with Gasteiger partial charge in [0.05, 0.1) is 34.2 Å². The van der Waals surface area contributed by atoms with Crippen molar-refractivity contribution in [2.24, 2.45) is 0 Å². The number of nitrogens with zero attached hydrogens (tertiary/aromatic N) is 2. The highest BCUT2D eigenvalue weighted by Crippen LogP contribution is 2.35. The molecule has 1 fully saturated rings. The van der Waals surface area contributed by atoms with E-state index in [4.69, 9.17) is 14.5 Å². The van der Waals surface area contributed by atoms with E-state index in [1.54, 1.807) is 23.1 Å². The van der Waals surface area contributed by atoms with Crippen molar-refractivity contribution in [1.82, 2.24) is 9.88 Å². The Morgan fingerprint density at radius 1 is 1.13 bits per heavy atom. The minimum atomic E-state index is 0.193. The standard InChI is InChI=1S/C23H24N2O3S2/c26-22(15-29-17-8-9-19-20(13-17)28-12-4-11-27-19)25-10-3-5-16(14-25)23-24-18-6-1-2-7-21(18)30-23/h1-2,6-9,13,16H,3-5,10-12,14-15H2/t16-/m1/s1. The molecular weight excluding hydrogens is 416 g/mol. The van der Waals surface area contributed by atoms with Gasteiger partial charge >= 0.3 is 0 Å². The number of aromatic nitrogens is 1. The molecule has 0 N–H and O–H groups in total. The van der Waals surface area contributed by atoms with Gasteiger partial charge in [-0.25, -0.2) is 4.98 Å². The molecule has 1 saturated heterocycles. The molecule has 0 saturated carbocycles. The predicted molar refractivity (Wildman–Crippen MR) is 121 cm³/mol. The van der Waals surface area contributed by atoms with Crippen LogP contribution in [0.5, 0.6) is 11.5 Å². The van der Waals surface area contributed by atoms with E-state index in [0.29, 0.717) is 24.9 Å². The van der Waals surface area contributed by atoms with Gasteiger partial charge < -0.3 is 14.4 Å².